The molecule has 0 aromatic carbocycles. The highest BCUT2D eigenvalue weighted by Crippen LogP contribution is 2.35. The first-order valence-corrected chi connectivity index (χ1v) is 3.52. The fourth-order valence-electron chi connectivity index (χ4n) is 1.28. The maximum absolute atomic E-state index is 9.22. The summed E-state index contributed by atoms with van der Waals surface area (Å²) < 4.78 is 9.86. The van der Waals surface area contributed by atoms with E-state index >= 15 is 0 Å². The van der Waals surface area contributed by atoms with Gasteiger partial charge in [-0.05, 0) is 0 Å². The maximum Gasteiger partial charge on any atom is 0.187 e. The minimum atomic E-state index is -1.04. The van der Waals surface area contributed by atoms with Gasteiger partial charge in [-0.25, -0.2) is 0 Å². The van der Waals surface area contributed by atoms with E-state index in [2.05, 4.69) is 0 Å². The minimum absolute atomic E-state index is 0.301. The molecule has 11 heavy (non-hydrogen) atoms. The van der Waals surface area contributed by atoms with Gasteiger partial charge in [0.1, 0.15) is 24.4 Å². The number of rotatable bonds is 1. The van der Waals surface area contributed by atoms with Gasteiger partial charge in [0.25, 0.3) is 0 Å². The molecule has 2 aliphatic rings. The van der Waals surface area contributed by atoms with E-state index in [1.165, 1.54) is 0 Å². The molecular weight excluding hydrogens is 152 g/mol. The molecule has 5 atom stereocenters. The number of fused-ring (bicyclic) bond motifs is 1. The standard InChI is InChI=1S/C6H10O5/c7-1-2-3(8)4(9)5-6(10-2)11-5/h2-9H,1H2/t2-,3-,4+,5-,6-/m1/s1. The Balaban J connectivity index is 2.03. The second-order valence-electron chi connectivity index (χ2n) is 2.81. The fraction of sp³-hybridized carbons (Fsp3) is 1.00. The van der Waals surface area contributed by atoms with E-state index < -0.39 is 30.7 Å². The van der Waals surface area contributed by atoms with E-state index in [0.29, 0.717) is 0 Å². The Hall–Kier alpha value is -0.200. The number of aliphatic hydroxyl groups excluding tert-OH is 3. The largest absolute Gasteiger partial charge is 0.394 e. The van der Waals surface area contributed by atoms with Gasteiger partial charge < -0.3 is 24.8 Å². The van der Waals surface area contributed by atoms with Crippen molar-refractivity contribution in [3.05, 3.63) is 0 Å². The van der Waals surface area contributed by atoms with Crippen LogP contribution in [0.15, 0.2) is 0 Å². The van der Waals surface area contributed by atoms with Crippen molar-refractivity contribution < 1.29 is 24.8 Å². The molecule has 0 bridgehead atoms. The van der Waals surface area contributed by atoms with Crippen LogP contribution in [0.5, 0.6) is 0 Å². The smallest absolute Gasteiger partial charge is 0.187 e. The highest BCUT2D eigenvalue weighted by atomic mass is 16.8. The average molecular weight is 162 g/mol. The SMILES string of the molecule is OC[C@H]1O[C@@H]2O[C@@H]2[C@@H](O)[C@@H]1O. The van der Waals surface area contributed by atoms with Crippen molar-refractivity contribution in [2.45, 2.75) is 30.7 Å². The molecule has 0 unspecified atom stereocenters. The van der Waals surface area contributed by atoms with E-state index in [9.17, 15) is 10.2 Å². The van der Waals surface area contributed by atoms with Gasteiger partial charge in [0.15, 0.2) is 6.29 Å². The highest BCUT2D eigenvalue weighted by Gasteiger charge is 2.55. The molecule has 3 N–H and O–H groups in total. The summed E-state index contributed by atoms with van der Waals surface area (Å²) in [7, 11) is 0. The molecule has 5 heteroatoms. The molecule has 2 aliphatic heterocycles. The summed E-state index contributed by atoms with van der Waals surface area (Å²) in [6.45, 7) is -0.301. The normalized spacial score (nSPS) is 55.4. The molecule has 2 saturated heterocycles. The van der Waals surface area contributed by atoms with Gasteiger partial charge >= 0.3 is 0 Å². The second-order valence-corrected chi connectivity index (χ2v) is 2.81. The Kier molecular flexibility index (Phi) is 1.62. The number of ether oxygens (including phenoxy) is 2. The zero-order valence-corrected chi connectivity index (χ0v) is 5.75. The van der Waals surface area contributed by atoms with Crippen molar-refractivity contribution in [3.8, 4) is 0 Å². The first kappa shape index (κ1) is 7.45. The van der Waals surface area contributed by atoms with E-state index in [1.54, 1.807) is 0 Å². The van der Waals surface area contributed by atoms with E-state index in [-0.39, 0.29) is 6.61 Å². The molecule has 2 fully saturated rings. The van der Waals surface area contributed by atoms with Crippen LogP contribution in [-0.2, 0) is 9.47 Å². The molecule has 5 nitrogen and oxygen atoms in total. The quantitative estimate of drug-likeness (QED) is 0.382. The van der Waals surface area contributed by atoms with Gasteiger partial charge in [-0.15, -0.1) is 0 Å². The Morgan fingerprint density at radius 3 is 2.45 bits per heavy atom. The molecule has 0 aliphatic carbocycles. The van der Waals surface area contributed by atoms with Crippen LogP contribution in [-0.4, -0.2) is 52.6 Å². The topological polar surface area (TPSA) is 82.5 Å². The summed E-state index contributed by atoms with van der Waals surface area (Å²) in [5.74, 6) is 0. The zero-order valence-electron chi connectivity index (χ0n) is 5.75. The molecule has 64 valence electrons. The van der Waals surface area contributed by atoms with Gasteiger partial charge in [-0.1, -0.05) is 0 Å². The Morgan fingerprint density at radius 1 is 1.09 bits per heavy atom. The second kappa shape index (κ2) is 2.40. The number of aliphatic hydroxyl groups is 3. The van der Waals surface area contributed by atoms with Crippen molar-refractivity contribution in [2.24, 2.45) is 0 Å². The van der Waals surface area contributed by atoms with Crippen LogP contribution in [0.25, 0.3) is 0 Å². The first-order chi connectivity index (χ1) is 5.24. The van der Waals surface area contributed by atoms with Crippen molar-refractivity contribution in [2.75, 3.05) is 6.61 Å². The third-order valence-electron chi connectivity index (χ3n) is 2.04. The van der Waals surface area contributed by atoms with Crippen LogP contribution in [0.1, 0.15) is 0 Å². The lowest BCUT2D eigenvalue weighted by Gasteiger charge is -2.27. The number of epoxide rings is 1. The van der Waals surface area contributed by atoms with Crippen LogP contribution in [0.3, 0.4) is 0 Å². The van der Waals surface area contributed by atoms with Gasteiger partial charge in [-0.2, -0.15) is 0 Å². The lowest BCUT2D eigenvalue weighted by Crippen LogP contribution is -2.48. The predicted molar refractivity (Wildman–Crippen MR) is 32.6 cm³/mol. The molecule has 2 rings (SSSR count). The van der Waals surface area contributed by atoms with Crippen LogP contribution < -0.4 is 0 Å². The summed E-state index contributed by atoms with van der Waals surface area (Å²) >= 11 is 0. The Bertz CT molecular complexity index is 161. The fourth-order valence-corrected chi connectivity index (χ4v) is 1.28. The molecule has 0 aromatic heterocycles. The van der Waals surface area contributed by atoms with Crippen molar-refractivity contribution in [3.63, 3.8) is 0 Å². The third kappa shape index (κ3) is 1.05. The minimum Gasteiger partial charge on any atom is -0.394 e. The summed E-state index contributed by atoms with van der Waals surface area (Å²) in [6, 6.07) is 0. The molecular formula is C6H10O5. The van der Waals surface area contributed by atoms with Gasteiger partial charge in [0, 0.05) is 0 Å². The maximum atomic E-state index is 9.22. The molecule has 0 aromatic rings. The first-order valence-electron chi connectivity index (χ1n) is 3.52. The van der Waals surface area contributed by atoms with E-state index in [4.69, 9.17) is 14.6 Å². The highest BCUT2D eigenvalue weighted by molar-refractivity contribution is 4.96. The summed E-state index contributed by atoms with van der Waals surface area (Å²) in [5, 5.41) is 27.1. The predicted octanol–water partition coefficient (Wildman–Crippen LogP) is -2.18. The zero-order chi connectivity index (χ0) is 8.01. The molecule has 0 radical (unpaired) electrons. The monoisotopic (exact) mass is 162 g/mol. The van der Waals surface area contributed by atoms with E-state index in [0.717, 1.165) is 0 Å². The summed E-state index contributed by atoms with van der Waals surface area (Å²) in [4.78, 5) is 0. The van der Waals surface area contributed by atoms with Crippen molar-refractivity contribution >= 4 is 0 Å². The Morgan fingerprint density at radius 2 is 1.82 bits per heavy atom. The van der Waals surface area contributed by atoms with Gasteiger partial charge in [0.2, 0.25) is 0 Å². The molecule has 0 spiro atoms. The Labute approximate surface area is 63.2 Å². The lowest BCUT2D eigenvalue weighted by atomic mass is 10.0. The molecule has 0 amide bonds. The van der Waals surface area contributed by atoms with Crippen LogP contribution in [0.4, 0.5) is 0 Å². The van der Waals surface area contributed by atoms with Gasteiger partial charge in [-0.3, -0.25) is 0 Å². The number of hydrogen-bond acceptors (Lipinski definition) is 5. The van der Waals surface area contributed by atoms with Crippen molar-refractivity contribution in [1.82, 2.24) is 0 Å². The number of hydrogen-bond donors (Lipinski definition) is 3. The summed E-state index contributed by atoms with van der Waals surface area (Å²) in [6.07, 6.45) is -3.50. The lowest BCUT2D eigenvalue weighted by molar-refractivity contribution is -0.144. The van der Waals surface area contributed by atoms with Gasteiger partial charge in [0.05, 0.1) is 6.61 Å². The van der Waals surface area contributed by atoms with Crippen LogP contribution in [0.2, 0.25) is 0 Å². The van der Waals surface area contributed by atoms with E-state index in [1.807, 2.05) is 0 Å². The molecule has 2 heterocycles. The molecule has 0 saturated carbocycles. The summed E-state index contributed by atoms with van der Waals surface area (Å²) in [5.41, 5.74) is 0. The average Bonchev–Trinajstić information content (AvgIpc) is 2.75. The van der Waals surface area contributed by atoms with Crippen LogP contribution in [0, 0.1) is 0 Å². The van der Waals surface area contributed by atoms with Crippen molar-refractivity contribution in [1.29, 1.82) is 0 Å². The third-order valence-corrected chi connectivity index (χ3v) is 2.04. The van der Waals surface area contributed by atoms with Crippen LogP contribution >= 0.6 is 0 Å².